The van der Waals surface area contributed by atoms with E-state index in [0.29, 0.717) is 59.0 Å². The number of hydrogen-bond acceptors (Lipinski definition) is 12. The van der Waals surface area contributed by atoms with Crippen molar-refractivity contribution in [2.45, 2.75) is 91.8 Å². The first kappa shape index (κ1) is 40.8. The number of hydrogen-bond donors (Lipinski definition) is 1. The largest absolute Gasteiger partial charge is 0.459 e. The topological polar surface area (TPSA) is 121 Å². The number of carbonyl (C=O) groups is 3. The maximum Gasteiger partial charge on any atom is 0.320 e. The zero-order valence-electron chi connectivity index (χ0n) is 30.5. The van der Waals surface area contributed by atoms with Gasteiger partial charge in [-0.15, -0.1) is 0 Å². The van der Waals surface area contributed by atoms with Crippen molar-refractivity contribution in [3.05, 3.63) is 24.3 Å². The van der Waals surface area contributed by atoms with Gasteiger partial charge < -0.3 is 24.1 Å². The first-order chi connectivity index (χ1) is 21.8. The van der Waals surface area contributed by atoms with Crippen molar-refractivity contribution in [1.29, 1.82) is 0 Å². The van der Waals surface area contributed by atoms with Crippen LogP contribution >= 0.6 is 0 Å². The van der Waals surface area contributed by atoms with Crippen LogP contribution in [-0.2, 0) is 33.3 Å². The zero-order valence-corrected chi connectivity index (χ0v) is 30.5. The Labute approximate surface area is 283 Å². The molecule has 2 aliphatic rings. The fourth-order valence-electron chi connectivity index (χ4n) is 5.17. The molecule has 0 spiro atoms. The highest BCUT2D eigenvalue weighted by Crippen LogP contribution is 2.14. The molecule has 0 aromatic rings. The maximum atomic E-state index is 12.9. The lowest BCUT2D eigenvalue weighted by molar-refractivity contribution is -0.158. The van der Waals surface area contributed by atoms with E-state index in [1.54, 1.807) is 0 Å². The normalized spacial score (nSPS) is 21.0. The van der Waals surface area contributed by atoms with E-state index in [1.165, 1.54) is 0 Å². The first-order valence-corrected chi connectivity index (χ1v) is 16.9. The van der Waals surface area contributed by atoms with Crippen molar-refractivity contribution in [2.75, 3.05) is 85.1 Å². The molecule has 1 saturated heterocycles. The predicted octanol–water partition coefficient (Wildman–Crippen LogP) is 2.70. The van der Waals surface area contributed by atoms with Gasteiger partial charge in [-0.25, -0.2) is 0 Å². The van der Waals surface area contributed by atoms with E-state index in [2.05, 4.69) is 17.1 Å². The van der Waals surface area contributed by atoms with E-state index < -0.39 is 23.1 Å². The highest BCUT2D eigenvalue weighted by molar-refractivity contribution is 5.73. The van der Waals surface area contributed by atoms with Crippen molar-refractivity contribution in [1.82, 2.24) is 19.6 Å². The lowest BCUT2D eigenvalue weighted by atomic mass is 10.0. The molecule has 0 saturated carbocycles. The molecule has 0 aromatic carbocycles. The molecule has 0 radical (unpaired) electrons. The molecule has 270 valence electrons. The third-order valence-electron chi connectivity index (χ3n) is 7.23. The van der Waals surface area contributed by atoms with Crippen molar-refractivity contribution in [3.8, 4) is 0 Å². The first-order valence-electron chi connectivity index (χ1n) is 16.9. The molecule has 47 heavy (non-hydrogen) atoms. The number of aliphatic hydroxyl groups excluding tert-OH is 1. The Morgan fingerprint density at radius 2 is 1.00 bits per heavy atom. The van der Waals surface area contributed by atoms with Gasteiger partial charge in [-0.05, 0) is 68.7 Å². The highest BCUT2D eigenvalue weighted by atomic mass is 16.6. The molecule has 1 aliphatic heterocycles. The smallest absolute Gasteiger partial charge is 0.320 e. The quantitative estimate of drug-likeness (QED) is 0.198. The number of esters is 3. The van der Waals surface area contributed by atoms with Gasteiger partial charge >= 0.3 is 17.9 Å². The SMILES string of the molecule is CC(C)(C)OC(=O)CN1CCN(CC(=O)OC(C)(C)C)CCN(CC(O)OCC2C=CC=CC2)CCN(CC(=O)OC(C)(C)C)CC1. The van der Waals surface area contributed by atoms with Gasteiger partial charge in [0.1, 0.15) is 16.8 Å². The van der Waals surface area contributed by atoms with E-state index >= 15 is 0 Å². The molecule has 1 aliphatic carbocycles. The fraction of sp³-hybridized carbons (Fsp3) is 0.800. The lowest BCUT2D eigenvalue weighted by Crippen LogP contribution is -2.50. The summed E-state index contributed by atoms with van der Waals surface area (Å²) in [7, 11) is 0. The van der Waals surface area contributed by atoms with Gasteiger partial charge in [0.2, 0.25) is 0 Å². The van der Waals surface area contributed by atoms with Crippen LogP contribution in [0.3, 0.4) is 0 Å². The Morgan fingerprint density at radius 3 is 1.32 bits per heavy atom. The third-order valence-corrected chi connectivity index (χ3v) is 7.23. The minimum atomic E-state index is -0.995. The Hall–Kier alpha value is -2.35. The molecule has 1 N–H and O–H groups in total. The number of ether oxygens (including phenoxy) is 4. The summed E-state index contributed by atoms with van der Waals surface area (Å²) in [6.07, 6.45) is 8.05. The summed E-state index contributed by atoms with van der Waals surface area (Å²) in [6, 6.07) is 0. The van der Waals surface area contributed by atoms with E-state index in [0.717, 1.165) is 6.42 Å². The molecule has 2 rings (SSSR count). The second kappa shape index (κ2) is 19.0. The number of nitrogens with zero attached hydrogens (tertiary/aromatic N) is 4. The van der Waals surface area contributed by atoms with Crippen LogP contribution in [0.5, 0.6) is 0 Å². The summed E-state index contributed by atoms with van der Waals surface area (Å²) < 4.78 is 22.7. The maximum absolute atomic E-state index is 12.9. The van der Waals surface area contributed by atoms with Gasteiger partial charge in [0, 0.05) is 64.8 Å². The standard InChI is InChI=1S/C35H62N4O8/c1-33(2,3)45-30(41)24-37-17-15-36(23-29(40)44-27-28-13-11-10-12-14-28)16-18-38(25-31(42)46-34(4,5)6)20-22-39(21-19-37)26-32(43)47-35(7,8)9/h10-13,28-29,40H,14-27H2,1-9H3. The van der Waals surface area contributed by atoms with Crippen LogP contribution in [0.1, 0.15) is 68.7 Å². The van der Waals surface area contributed by atoms with E-state index in [9.17, 15) is 19.5 Å². The van der Waals surface area contributed by atoms with Crippen LogP contribution in [-0.4, -0.2) is 151 Å². The minimum absolute atomic E-state index is 0.0828. The van der Waals surface area contributed by atoms with Crippen LogP contribution < -0.4 is 0 Å². The summed E-state index contributed by atoms with van der Waals surface area (Å²) >= 11 is 0. The number of aliphatic hydroxyl groups is 1. The van der Waals surface area contributed by atoms with Gasteiger partial charge in [0.05, 0.1) is 26.2 Å². The molecule has 2 atom stereocenters. The Morgan fingerprint density at radius 1 is 0.638 bits per heavy atom. The lowest BCUT2D eigenvalue weighted by Gasteiger charge is -2.35. The number of β-amino-alcohol motifs (C(OH)–C–C–N with tert-alkyl or cyclic N) is 1. The Kier molecular flexibility index (Phi) is 16.5. The van der Waals surface area contributed by atoms with Crippen LogP contribution in [0.25, 0.3) is 0 Å². The molecule has 0 aromatic heterocycles. The number of allylic oxidation sites excluding steroid dienone is 3. The summed E-state index contributed by atoms with van der Waals surface area (Å²) in [5.41, 5.74) is -1.83. The monoisotopic (exact) mass is 666 g/mol. The average molecular weight is 667 g/mol. The molecule has 1 fully saturated rings. The van der Waals surface area contributed by atoms with Crippen LogP contribution in [0.15, 0.2) is 24.3 Å². The van der Waals surface area contributed by atoms with Crippen molar-refractivity contribution in [2.24, 2.45) is 5.92 Å². The van der Waals surface area contributed by atoms with Crippen LogP contribution in [0.2, 0.25) is 0 Å². The molecule has 1 heterocycles. The van der Waals surface area contributed by atoms with Gasteiger partial charge in [0.25, 0.3) is 0 Å². The second-order valence-corrected chi connectivity index (χ2v) is 15.5. The van der Waals surface area contributed by atoms with Crippen LogP contribution in [0, 0.1) is 5.92 Å². The zero-order chi connectivity index (χ0) is 35.3. The molecule has 12 heteroatoms. The van der Waals surface area contributed by atoms with Gasteiger partial charge in [-0.2, -0.15) is 0 Å². The number of rotatable bonds is 11. The minimum Gasteiger partial charge on any atom is -0.459 e. The van der Waals surface area contributed by atoms with Crippen molar-refractivity contribution in [3.63, 3.8) is 0 Å². The molecule has 0 amide bonds. The Balaban J connectivity index is 2.22. The summed E-state index contributed by atoms with van der Waals surface area (Å²) in [5.74, 6) is -0.757. The van der Waals surface area contributed by atoms with E-state index in [4.69, 9.17) is 18.9 Å². The third kappa shape index (κ3) is 19.9. The van der Waals surface area contributed by atoms with Crippen LogP contribution in [0.4, 0.5) is 0 Å². The average Bonchev–Trinajstić information content (AvgIpc) is 2.90. The van der Waals surface area contributed by atoms with Crippen molar-refractivity contribution < 1.29 is 38.4 Å². The summed E-state index contributed by atoms with van der Waals surface area (Å²) in [5, 5.41) is 10.9. The Bertz CT molecular complexity index is 998. The van der Waals surface area contributed by atoms with Gasteiger partial charge in [0.15, 0.2) is 6.29 Å². The molecule has 2 unspecified atom stereocenters. The fourth-order valence-corrected chi connectivity index (χ4v) is 5.17. The molecular formula is C35H62N4O8. The molecule has 12 nitrogen and oxygen atoms in total. The highest BCUT2D eigenvalue weighted by Gasteiger charge is 2.26. The van der Waals surface area contributed by atoms with Gasteiger partial charge in [-0.1, -0.05) is 24.3 Å². The second-order valence-electron chi connectivity index (χ2n) is 15.5. The molecular weight excluding hydrogens is 604 g/mol. The van der Waals surface area contributed by atoms with E-state index in [1.807, 2.05) is 89.2 Å². The summed E-state index contributed by atoms with van der Waals surface area (Å²) in [4.78, 5) is 46.7. The molecule has 0 bridgehead atoms. The number of carbonyl (C=O) groups excluding carboxylic acids is 3. The predicted molar refractivity (Wildman–Crippen MR) is 182 cm³/mol. The van der Waals surface area contributed by atoms with E-state index in [-0.39, 0.29) is 50.0 Å². The summed E-state index contributed by atoms with van der Waals surface area (Å²) in [6.45, 7) is 21.7. The van der Waals surface area contributed by atoms with Gasteiger partial charge in [-0.3, -0.25) is 34.0 Å². The van der Waals surface area contributed by atoms with Crippen molar-refractivity contribution >= 4 is 17.9 Å².